The quantitative estimate of drug-likeness (QED) is 0.876. The van der Waals surface area contributed by atoms with E-state index in [2.05, 4.69) is 19.2 Å². The molecule has 2 amide bonds. The molecular formula is C19H22N2O2S. The summed E-state index contributed by atoms with van der Waals surface area (Å²) in [7, 11) is 0. The van der Waals surface area contributed by atoms with Crippen LogP contribution in [0.15, 0.2) is 30.3 Å². The van der Waals surface area contributed by atoms with Crippen molar-refractivity contribution < 1.29 is 9.59 Å². The van der Waals surface area contributed by atoms with Crippen LogP contribution in [-0.2, 0) is 11.2 Å². The Morgan fingerprint density at radius 1 is 1.33 bits per heavy atom. The maximum Gasteiger partial charge on any atom is 0.265 e. The zero-order chi connectivity index (χ0) is 17.1. The molecule has 1 fully saturated rings. The first-order valence-electron chi connectivity index (χ1n) is 8.39. The molecule has 0 saturated carbocycles. The van der Waals surface area contributed by atoms with Crippen molar-refractivity contribution in [2.75, 3.05) is 16.8 Å². The number of hydrogen-bond donors (Lipinski definition) is 1. The highest BCUT2D eigenvalue weighted by Crippen LogP contribution is 2.26. The van der Waals surface area contributed by atoms with Crippen LogP contribution in [0.25, 0.3) is 0 Å². The molecule has 0 atom stereocenters. The lowest BCUT2D eigenvalue weighted by molar-refractivity contribution is -0.117. The van der Waals surface area contributed by atoms with Crippen LogP contribution in [0.2, 0.25) is 0 Å². The lowest BCUT2D eigenvalue weighted by atomic mass is 10.1. The Morgan fingerprint density at radius 2 is 2.17 bits per heavy atom. The SMILES string of the molecule is CCCc1cc(C(=O)Nc2cccc(N3CCCC3=O)c2)sc1C. The molecule has 1 saturated heterocycles. The average molecular weight is 342 g/mol. The number of rotatable bonds is 5. The number of thiophene rings is 1. The molecule has 1 aliphatic heterocycles. The summed E-state index contributed by atoms with van der Waals surface area (Å²) in [5.41, 5.74) is 2.83. The molecule has 0 bridgehead atoms. The number of hydrogen-bond acceptors (Lipinski definition) is 3. The molecule has 1 aliphatic rings. The third-order valence-electron chi connectivity index (χ3n) is 4.25. The van der Waals surface area contributed by atoms with Crippen LogP contribution in [0.3, 0.4) is 0 Å². The Kier molecular flexibility index (Phi) is 5.00. The number of carbonyl (C=O) groups is 2. The number of nitrogens with one attached hydrogen (secondary N) is 1. The molecule has 126 valence electrons. The topological polar surface area (TPSA) is 49.4 Å². The summed E-state index contributed by atoms with van der Waals surface area (Å²) in [5.74, 6) is 0.0620. The molecule has 1 aromatic heterocycles. The van der Waals surface area contributed by atoms with Gasteiger partial charge in [-0.1, -0.05) is 19.4 Å². The molecule has 3 rings (SSSR count). The second-order valence-corrected chi connectivity index (χ2v) is 7.35. The first kappa shape index (κ1) is 16.7. The summed E-state index contributed by atoms with van der Waals surface area (Å²) in [6.07, 6.45) is 3.57. The standard InChI is InChI=1S/C19H22N2O2S/c1-3-6-14-11-17(24-13(14)2)19(23)20-15-7-4-8-16(12-15)21-10-5-9-18(21)22/h4,7-8,11-12H,3,5-6,9-10H2,1-2H3,(H,20,23). The van der Waals surface area contributed by atoms with Gasteiger partial charge in [-0.05, 0) is 49.6 Å². The molecule has 1 aromatic carbocycles. The Bertz CT molecular complexity index is 766. The smallest absolute Gasteiger partial charge is 0.265 e. The molecule has 0 aliphatic carbocycles. The van der Waals surface area contributed by atoms with Gasteiger partial charge in [0.05, 0.1) is 4.88 Å². The van der Waals surface area contributed by atoms with Crippen LogP contribution < -0.4 is 10.2 Å². The molecule has 0 unspecified atom stereocenters. The summed E-state index contributed by atoms with van der Waals surface area (Å²) in [4.78, 5) is 28.1. The minimum Gasteiger partial charge on any atom is -0.321 e. The van der Waals surface area contributed by atoms with E-state index in [1.807, 2.05) is 30.3 Å². The predicted molar refractivity (Wildman–Crippen MR) is 99.0 cm³/mol. The lowest BCUT2D eigenvalue weighted by Gasteiger charge is -2.16. The number of amides is 2. The molecule has 5 heteroatoms. The highest BCUT2D eigenvalue weighted by atomic mass is 32.1. The van der Waals surface area contributed by atoms with Crippen molar-refractivity contribution in [2.24, 2.45) is 0 Å². The van der Waals surface area contributed by atoms with E-state index in [1.54, 1.807) is 4.90 Å². The van der Waals surface area contributed by atoms with Crippen LogP contribution >= 0.6 is 11.3 Å². The van der Waals surface area contributed by atoms with Crippen LogP contribution in [-0.4, -0.2) is 18.4 Å². The van der Waals surface area contributed by atoms with E-state index in [4.69, 9.17) is 0 Å². The number of aryl methyl sites for hydroxylation is 2. The van der Waals surface area contributed by atoms with E-state index in [1.165, 1.54) is 21.8 Å². The van der Waals surface area contributed by atoms with Gasteiger partial charge in [-0.2, -0.15) is 0 Å². The van der Waals surface area contributed by atoms with Crippen LogP contribution in [0.5, 0.6) is 0 Å². The molecule has 4 nitrogen and oxygen atoms in total. The second-order valence-electron chi connectivity index (χ2n) is 6.10. The number of anilines is 2. The van der Waals surface area contributed by atoms with Crippen molar-refractivity contribution in [1.82, 2.24) is 0 Å². The normalized spacial score (nSPS) is 14.2. The molecule has 0 radical (unpaired) electrons. The monoisotopic (exact) mass is 342 g/mol. The van der Waals surface area contributed by atoms with Gasteiger partial charge in [-0.15, -0.1) is 11.3 Å². The van der Waals surface area contributed by atoms with E-state index < -0.39 is 0 Å². The summed E-state index contributed by atoms with van der Waals surface area (Å²) >= 11 is 1.53. The fraction of sp³-hybridized carbons (Fsp3) is 0.368. The van der Waals surface area contributed by atoms with Crippen LogP contribution in [0.1, 0.15) is 46.3 Å². The first-order valence-corrected chi connectivity index (χ1v) is 9.21. The van der Waals surface area contributed by atoms with Gasteiger partial charge in [0.15, 0.2) is 0 Å². The molecule has 24 heavy (non-hydrogen) atoms. The number of benzene rings is 1. The van der Waals surface area contributed by atoms with Crippen LogP contribution in [0.4, 0.5) is 11.4 Å². The summed E-state index contributed by atoms with van der Waals surface area (Å²) in [6, 6.07) is 9.50. The Labute approximate surface area is 146 Å². The van der Waals surface area contributed by atoms with Crippen molar-refractivity contribution in [3.63, 3.8) is 0 Å². The highest BCUT2D eigenvalue weighted by Gasteiger charge is 2.22. The van der Waals surface area contributed by atoms with Gasteiger partial charge < -0.3 is 10.2 Å². The maximum atomic E-state index is 12.5. The molecule has 2 heterocycles. The Morgan fingerprint density at radius 3 is 2.88 bits per heavy atom. The van der Waals surface area contributed by atoms with Crippen molar-refractivity contribution in [3.8, 4) is 0 Å². The van der Waals surface area contributed by atoms with Crippen molar-refractivity contribution in [3.05, 3.63) is 45.6 Å². The summed E-state index contributed by atoms with van der Waals surface area (Å²) in [5, 5.41) is 2.95. The zero-order valence-corrected chi connectivity index (χ0v) is 14.9. The van der Waals surface area contributed by atoms with Gasteiger partial charge in [0.1, 0.15) is 0 Å². The highest BCUT2D eigenvalue weighted by molar-refractivity contribution is 7.14. The molecular weight excluding hydrogens is 320 g/mol. The van der Waals surface area contributed by atoms with Gasteiger partial charge in [-0.3, -0.25) is 9.59 Å². The van der Waals surface area contributed by atoms with E-state index in [0.717, 1.165) is 42.1 Å². The maximum absolute atomic E-state index is 12.5. The van der Waals surface area contributed by atoms with Crippen molar-refractivity contribution in [2.45, 2.75) is 39.5 Å². The minimum atomic E-state index is -0.0876. The fourth-order valence-electron chi connectivity index (χ4n) is 3.01. The average Bonchev–Trinajstić information content (AvgIpc) is 3.14. The third kappa shape index (κ3) is 3.51. The van der Waals surface area contributed by atoms with Crippen LogP contribution in [0, 0.1) is 6.92 Å². The number of nitrogens with zero attached hydrogens (tertiary/aromatic N) is 1. The van der Waals surface area contributed by atoms with Gasteiger partial charge >= 0.3 is 0 Å². The van der Waals surface area contributed by atoms with Gasteiger partial charge in [0.2, 0.25) is 5.91 Å². The van der Waals surface area contributed by atoms with Gasteiger partial charge in [0, 0.05) is 29.2 Å². The molecule has 2 aromatic rings. The van der Waals surface area contributed by atoms with E-state index in [-0.39, 0.29) is 11.8 Å². The van der Waals surface area contributed by atoms with Crippen molar-refractivity contribution in [1.29, 1.82) is 0 Å². The second kappa shape index (κ2) is 7.18. The number of carbonyl (C=O) groups excluding carboxylic acids is 2. The van der Waals surface area contributed by atoms with E-state index in [9.17, 15) is 9.59 Å². The molecule has 0 spiro atoms. The Hall–Kier alpha value is -2.14. The largest absolute Gasteiger partial charge is 0.321 e. The fourth-order valence-corrected chi connectivity index (χ4v) is 3.98. The van der Waals surface area contributed by atoms with Crippen molar-refractivity contribution >= 4 is 34.5 Å². The summed E-state index contributed by atoms with van der Waals surface area (Å²) in [6.45, 7) is 4.95. The Balaban J connectivity index is 1.75. The molecule has 1 N–H and O–H groups in total. The summed E-state index contributed by atoms with van der Waals surface area (Å²) < 4.78 is 0. The van der Waals surface area contributed by atoms with E-state index in [0.29, 0.717) is 6.42 Å². The lowest BCUT2D eigenvalue weighted by Crippen LogP contribution is -2.23. The van der Waals surface area contributed by atoms with Gasteiger partial charge in [-0.25, -0.2) is 0 Å². The van der Waals surface area contributed by atoms with Gasteiger partial charge in [0.25, 0.3) is 5.91 Å². The minimum absolute atomic E-state index is 0.0876. The predicted octanol–water partition coefficient (Wildman–Crippen LogP) is 4.39. The zero-order valence-electron chi connectivity index (χ0n) is 14.1. The first-order chi connectivity index (χ1) is 11.6. The third-order valence-corrected chi connectivity index (χ3v) is 5.34. The van der Waals surface area contributed by atoms with E-state index >= 15 is 0 Å².